The first-order valence-corrected chi connectivity index (χ1v) is 27.0. The highest BCUT2D eigenvalue weighted by Gasteiger charge is 2.20. The molecule has 4 heteroatoms. The van der Waals surface area contributed by atoms with Crippen LogP contribution in [0.3, 0.4) is 0 Å². The van der Waals surface area contributed by atoms with Crippen molar-refractivity contribution in [3.63, 3.8) is 0 Å². The Hall–Kier alpha value is -1.13. The molecule has 0 aromatic carbocycles. The standard InChI is InChI=1S/C55H107NO3/c1-3-5-7-9-11-13-15-17-19-21-22-23-24-25-26-27-28-29-30-31-32-33-35-36-38-40-42-44-46-48-50-54(58)53(52-57)56-55(59)51-49-47-45-43-41-39-37-34-20-18-16-14-12-10-8-6-4-2/h12,14,18,20,53-54,57-58H,3-11,13,15-17,19,21-52H2,1-2H3,(H,56,59)/b14-12-,20-18-. The van der Waals surface area contributed by atoms with Crippen LogP contribution in [0.25, 0.3) is 0 Å². The molecule has 350 valence electrons. The fourth-order valence-electron chi connectivity index (χ4n) is 8.57. The third kappa shape index (κ3) is 47.8. The molecule has 2 unspecified atom stereocenters. The molecule has 0 spiro atoms. The molecular formula is C55H107NO3. The van der Waals surface area contributed by atoms with E-state index in [2.05, 4.69) is 43.5 Å². The average molecular weight is 830 g/mol. The zero-order valence-electron chi connectivity index (χ0n) is 40.3. The van der Waals surface area contributed by atoms with Crippen LogP contribution >= 0.6 is 0 Å². The number of hydrogen-bond donors (Lipinski definition) is 3. The van der Waals surface area contributed by atoms with Crippen molar-refractivity contribution in [1.29, 1.82) is 0 Å². The predicted molar refractivity (Wildman–Crippen MR) is 262 cm³/mol. The minimum atomic E-state index is -0.662. The fraction of sp³-hybridized carbons (Fsp3) is 0.909. The Morgan fingerprint density at radius 2 is 0.695 bits per heavy atom. The maximum atomic E-state index is 12.4. The number of carbonyl (C=O) groups excluding carboxylic acids is 1. The Morgan fingerprint density at radius 1 is 0.407 bits per heavy atom. The Labute approximate surface area is 370 Å². The molecule has 0 saturated carbocycles. The van der Waals surface area contributed by atoms with Gasteiger partial charge in [-0.2, -0.15) is 0 Å². The van der Waals surface area contributed by atoms with Crippen molar-refractivity contribution in [1.82, 2.24) is 5.32 Å². The molecule has 4 nitrogen and oxygen atoms in total. The fourth-order valence-corrected chi connectivity index (χ4v) is 8.57. The summed E-state index contributed by atoms with van der Waals surface area (Å²) in [6, 6.07) is -0.540. The van der Waals surface area contributed by atoms with E-state index in [1.165, 1.54) is 244 Å². The Kier molecular flexibility index (Phi) is 50.2. The van der Waals surface area contributed by atoms with Gasteiger partial charge >= 0.3 is 0 Å². The van der Waals surface area contributed by atoms with E-state index < -0.39 is 12.1 Å². The van der Waals surface area contributed by atoms with Crippen LogP contribution in [0.2, 0.25) is 0 Å². The lowest BCUT2D eigenvalue weighted by molar-refractivity contribution is -0.123. The molecule has 0 aliphatic rings. The quantitative estimate of drug-likeness (QED) is 0.0422. The molecule has 0 aliphatic carbocycles. The second kappa shape index (κ2) is 51.2. The molecule has 0 heterocycles. The summed E-state index contributed by atoms with van der Waals surface area (Å²) in [4.78, 5) is 12.4. The summed E-state index contributed by atoms with van der Waals surface area (Å²) >= 11 is 0. The topological polar surface area (TPSA) is 69.6 Å². The van der Waals surface area contributed by atoms with Crippen LogP contribution in [-0.4, -0.2) is 34.9 Å². The van der Waals surface area contributed by atoms with Crippen molar-refractivity contribution >= 4 is 5.91 Å². The first kappa shape index (κ1) is 57.9. The minimum Gasteiger partial charge on any atom is -0.394 e. The van der Waals surface area contributed by atoms with Gasteiger partial charge in [0.05, 0.1) is 18.8 Å². The number of rotatable bonds is 50. The van der Waals surface area contributed by atoms with Crippen molar-refractivity contribution in [2.45, 2.75) is 315 Å². The van der Waals surface area contributed by atoms with Crippen LogP contribution in [0.5, 0.6) is 0 Å². The van der Waals surface area contributed by atoms with Gasteiger partial charge < -0.3 is 15.5 Å². The number of amides is 1. The summed E-state index contributed by atoms with van der Waals surface area (Å²) in [6.45, 7) is 4.36. The largest absolute Gasteiger partial charge is 0.394 e. The van der Waals surface area contributed by atoms with Gasteiger partial charge in [-0.05, 0) is 44.9 Å². The van der Waals surface area contributed by atoms with Gasteiger partial charge in [0, 0.05) is 6.42 Å². The number of carbonyl (C=O) groups is 1. The van der Waals surface area contributed by atoms with E-state index in [-0.39, 0.29) is 12.5 Å². The lowest BCUT2D eigenvalue weighted by atomic mass is 10.0. The molecule has 0 aromatic rings. The molecule has 2 atom stereocenters. The minimum absolute atomic E-state index is 0.0357. The van der Waals surface area contributed by atoms with Gasteiger partial charge in [-0.3, -0.25) is 4.79 Å². The third-order valence-electron chi connectivity index (χ3n) is 12.7. The predicted octanol–water partition coefficient (Wildman–Crippen LogP) is 17.5. The van der Waals surface area contributed by atoms with Crippen LogP contribution in [0.1, 0.15) is 303 Å². The van der Waals surface area contributed by atoms with Crippen molar-refractivity contribution in [3.05, 3.63) is 24.3 Å². The molecule has 0 rings (SSSR count). The van der Waals surface area contributed by atoms with Gasteiger partial charge in [-0.1, -0.05) is 276 Å². The Balaban J connectivity index is 3.42. The Bertz CT molecular complexity index is 855. The highest BCUT2D eigenvalue weighted by Crippen LogP contribution is 2.18. The second-order valence-corrected chi connectivity index (χ2v) is 18.7. The summed E-state index contributed by atoms with van der Waals surface area (Å²) in [5, 5.41) is 23.3. The summed E-state index contributed by atoms with van der Waals surface area (Å²) in [5.41, 5.74) is 0. The number of nitrogens with one attached hydrogen (secondary N) is 1. The lowest BCUT2D eigenvalue weighted by Gasteiger charge is -2.22. The van der Waals surface area contributed by atoms with Crippen molar-refractivity contribution in [3.8, 4) is 0 Å². The first-order valence-electron chi connectivity index (χ1n) is 27.0. The summed E-state index contributed by atoms with van der Waals surface area (Å²) in [7, 11) is 0. The van der Waals surface area contributed by atoms with Crippen molar-refractivity contribution in [2.24, 2.45) is 0 Å². The van der Waals surface area contributed by atoms with Crippen LogP contribution in [0.15, 0.2) is 24.3 Å². The van der Waals surface area contributed by atoms with Gasteiger partial charge in [0.15, 0.2) is 0 Å². The summed E-state index contributed by atoms with van der Waals surface area (Å²) < 4.78 is 0. The average Bonchev–Trinajstić information content (AvgIpc) is 3.24. The smallest absolute Gasteiger partial charge is 0.220 e. The van der Waals surface area contributed by atoms with E-state index in [4.69, 9.17) is 0 Å². The SMILES string of the molecule is CCCCC/C=C\C/C=C\CCCCCCCCCC(=O)NC(CO)C(O)CCCCCCCCCCCCCCCCCCCCCCCCCCCCCCCC. The van der Waals surface area contributed by atoms with Crippen LogP contribution in [-0.2, 0) is 4.79 Å². The molecule has 0 aromatic heterocycles. The molecule has 3 N–H and O–H groups in total. The number of allylic oxidation sites excluding steroid dienone is 4. The van der Waals surface area contributed by atoms with Crippen molar-refractivity contribution in [2.75, 3.05) is 6.61 Å². The van der Waals surface area contributed by atoms with E-state index in [1.807, 2.05) is 0 Å². The highest BCUT2D eigenvalue weighted by molar-refractivity contribution is 5.76. The van der Waals surface area contributed by atoms with E-state index in [0.717, 1.165) is 32.1 Å². The third-order valence-corrected chi connectivity index (χ3v) is 12.7. The molecule has 0 saturated heterocycles. The zero-order chi connectivity index (χ0) is 42.8. The number of aliphatic hydroxyl groups is 2. The number of hydrogen-bond acceptors (Lipinski definition) is 3. The first-order chi connectivity index (χ1) is 29.2. The van der Waals surface area contributed by atoms with E-state index >= 15 is 0 Å². The lowest BCUT2D eigenvalue weighted by Crippen LogP contribution is -2.45. The maximum Gasteiger partial charge on any atom is 0.220 e. The monoisotopic (exact) mass is 830 g/mol. The number of unbranched alkanes of at least 4 members (excludes halogenated alkanes) is 39. The second-order valence-electron chi connectivity index (χ2n) is 18.7. The molecule has 0 aliphatic heterocycles. The van der Waals surface area contributed by atoms with E-state index in [9.17, 15) is 15.0 Å². The van der Waals surface area contributed by atoms with Gasteiger partial charge in [0.25, 0.3) is 0 Å². The maximum absolute atomic E-state index is 12.4. The van der Waals surface area contributed by atoms with Gasteiger partial charge in [0.1, 0.15) is 0 Å². The summed E-state index contributed by atoms with van der Waals surface area (Å²) in [5.74, 6) is -0.0357. The number of aliphatic hydroxyl groups excluding tert-OH is 2. The Morgan fingerprint density at radius 3 is 1.05 bits per heavy atom. The molecule has 0 radical (unpaired) electrons. The van der Waals surface area contributed by atoms with Gasteiger partial charge in [-0.15, -0.1) is 0 Å². The molecule has 59 heavy (non-hydrogen) atoms. The molecule has 0 bridgehead atoms. The van der Waals surface area contributed by atoms with Crippen LogP contribution in [0.4, 0.5) is 0 Å². The molecular weight excluding hydrogens is 723 g/mol. The van der Waals surface area contributed by atoms with Crippen LogP contribution in [0, 0.1) is 0 Å². The molecule has 0 fully saturated rings. The van der Waals surface area contributed by atoms with Crippen LogP contribution < -0.4 is 5.32 Å². The van der Waals surface area contributed by atoms with E-state index in [1.54, 1.807) is 0 Å². The van der Waals surface area contributed by atoms with Gasteiger partial charge in [-0.25, -0.2) is 0 Å². The summed E-state index contributed by atoms with van der Waals surface area (Å²) in [6.07, 6.45) is 67.3. The van der Waals surface area contributed by atoms with E-state index in [0.29, 0.717) is 12.8 Å². The highest BCUT2D eigenvalue weighted by atomic mass is 16.3. The normalized spacial score (nSPS) is 12.9. The molecule has 1 amide bonds. The van der Waals surface area contributed by atoms with Crippen molar-refractivity contribution < 1.29 is 15.0 Å². The zero-order valence-corrected chi connectivity index (χ0v) is 40.3. The van der Waals surface area contributed by atoms with Gasteiger partial charge in [0.2, 0.25) is 5.91 Å².